The number of carboxylic acids is 6. The number of aromatic carboxylic acids is 6. The fourth-order valence-electron chi connectivity index (χ4n) is 8.43. The zero-order valence-corrected chi connectivity index (χ0v) is 46.8. The van der Waals surface area contributed by atoms with Gasteiger partial charge in [-0.2, -0.15) is 25.5 Å². The van der Waals surface area contributed by atoms with Gasteiger partial charge in [0.15, 0.2) is 11.4 Å². The van der Waals surface area contributed by atoms with Crippen LogP contribution >= 0.6 is 0 Å². The van der Waals surface area contributed by atoms with Gasteiger partial charge in [0.25, 0.3) is 22.4 Å². The van der Waals surface area contributed by atoms with Gasteiger partial charge >= 0.3 is 35.8 Å². The summed E-state index contributed by atoms with van der Waals surface area (Å²) in [6, 6.07) is 12.3. The molecule has 0 saturated carbocycles. The number of aromatic nitrogens is 6. The fraction of sp³-hybridized carbons (Fsp3) is 0.145. The van der Waals surface area contributed by atoms with Crippen molar-refractivity contribution < 1.29 is 74.7 Å². The van der Waals surface area contributed by atoms with Gasteiger partial charge in [0.05, 0.1) is 40.0 Å². The van der Waals surface area contributed by atoms with Crippen LogP contribution in [0.25, 0.3) is 10.7 Å². The quantitative estimate of drug-likeness (QED) is 0.0160. The van der Waals surface area contributed by atoms with E-state index >= 15 is 0 Å². The van der Waals surface area contributed by atoms with Crippen LogP contribution in [0, 0.1) is 50.0 Å². The number of pyridine rings is 3. The van der Waals surface area contributed by atoms with Gasteiger partial charge in [-0.15, -0.1) is 30.7 Å². The summed E-state index contributed by atoms with van der Waals surface area (Å²) in [4.78, 5) is 128. The van der Waals surface area contributed by atoms with Gasteiger partial charge in [-0.05, 0) is 81.3 Å². The maximum absolute atomic E-state index is 13.9. The van der Waals surface area contributed by atoms with Crippen LogP contribution in [0.2, 0.25) is 0 Å². The number of carboxylic acid groups (broad SMARTS) is 6. The van der Waals surface area contributed by atoms with Gasteiger partial charge in [0, 0.05) is 37.3 Å². The highest BCUT2D eigenvalue weighted by atomic mass is 16.4. The lowest BCUT2D eigenvalue weighted by Gasteiger charge is -2.17. The van der Waals surface area contributed by atoms with E-state index in [1.807, 2.05) is 0 Å². The van der Waals surface area contributed by atoms with Crippen LogP contribution in [0.4, 0.5) is 57.7 Å². The zero-order valence-electron chi connectivity index (χ0n) is 46.8. The highest BCUT2D eigenvalue weighted by Gasteiger charge is 2.26. The summed E-state index contributed by atoms with van der Waals surface area (Å²) in [5.41, 5.74) is -11.9. The van der Waals surface area contributed by atoms with Crippen LogP contribution in [0.5, 0.6) is 17.6 Å². The summed E-state index contributed by atoms with van der Waals surface area (Å²) in [6.45, 7) is 13.6. The molecule has 3 aromatic carbocycles. The summed E-state index contributed by atoms with van der Waals surface area (Å²) in [5, 5.41) is 144. The minimum Gasteiger partial charge on any atom is -0.493 e. The molecule has 12 N–H and O–H groups in total. The highest BCUT2D eigenvalue weighted by molar-refractivity contribution is 6.02. The van der Waals surface area contributed by atoms with Crippen molar-refractivity contribution in [3.63, 3.8) is 0 Å². The predicted molar refractivity (Wildman–Crippen MR) is 311 cm³/mol. The van der Waals surface area contributed by atoms with Crippen molar-refractivity contribution in [2.24, 2.45) is 30.7 Å². The molecule has 36 heteroatoms. The van der Waals surface area contributed by atoms with E-state index in [2.05, 4.69) is 73.0 Å². The van der Waals surface area contributed by atoms with Crippen molar-refractivity contribution in [3.8, 4) is 29.8 Å². The lowest BCUT2D eigenvalue weighted by Crippen LogP contribution is -2.27. The second-order valence-electron chi connectivity index (χ2n) is 18.6. The van der Waals surface area contributed by atoms with Gasteiger partial charge in [0.2, 0.25) is 35.5 Å². The summed E-state index contributed by atoms with van der Waals surface area (Å²) in [7, 11) is 0. The molecule has 4 heterocycles. The Morgan fingerprint density at radius 2 is 0.967 bits per heavy atom. The standard InChI is InChI=1S/C55H42N18O18/c1-22-32(20-56)41(74)71(43(76)37(22)67-65-34-18-26(47(80)81)10-12-28(34)49(84)85)16-7-14-59-53-62-54(60-15-17-72-42(75)33(21-57)23(2)38(44(72)77)69-70-40-30(51(88)89)8-6-9-31(40)52(90)91)64-55(63-53)61-25(4)73-45(78)36(58-5)24(3)39(46(73)79)68-66-35-19-27(48(82)83)11-13-29(35)50(86)87/h6,8-13,18-19,76-77,79H,4,7,14-17H2,1-3H3,(H,80,81)(H,82,83)(H,84,85)(H,86,87)(H,88,89)(H,90,91)(H3,59,60,61,62,63,64). The number of nitrogens with one attached hydrogen (secondary N) is 3. The molecular weight excluding hydrogens is 1200 g/mol. The van der Waals surface area contributed by atoms with Gasteiger partial charge in [-0.3, -0.25) is 23.5 Å². The van der Waals surface area contributed by atoms with Crippen molar-refractivity contribution in [1.29, 1.82) is 10.5 Å². The van der Waals surface area contributed by atoms with Gasteiger partial charge in [-0.25, -0.2) is 38.2 Å². The SMILES string of the molecule is [C-]#[N+]c1c(C)c(N=Nc2cc(C(=O)O)ccc2C(=O)O)c(O)n(C(=C)Nc2nc(NCCCn3c(O)c(N=Nc4cc(C(=O)O)ccc4C(=O)O)c(C)c(C#N)c3=O)nc(NCCn3c(O)c(N=Nc4c(C(=O)O)cccc4C(=O)O)c(C)c(C#N)c3=O)n2)c1=O. The molecule has 7 rings (SSSR count). The molecule has 0 radical (unpaired) electrons. The Balaban J connectivity index is 1.25. The van der Waals surface area contributed by atoms with Gasteiger partial charge in [0.1, 0.15) is 51.8 Å². The fourth-order valence-corrected chi connectivity index (χ4v) is 8.43. The summed E-state index contributed by atoms with van der Waals surface area (Å²) >= 11 is 0. The highest BCUT2D eigenvalue weighted by Crippen LogP contribution is 2.39. The van der Waals surface area contributed by atoms with E-state index in [1.54, 1.807) is 12.1 Å². The molecule has 0 aliphatic carbocycles. The Hall–Kier alpha value is -13.9. The van der Waals surface area contributed by atoms with Crippen LogP contribution in [0.1, 0.15) is 96.4 Å². The van der Waals surface area contributed by atoms with Crippen LogP contribution in [0.15, 0.2) is 106 Å². The Kier molecular flexibility index (Phi) is 19.2. The minimum atomic E-state index is -1.59. The van der Waals surface area contributed by atoms with E-state index in [1.165, 1.54) is 20.8 Å². The van der Waals surface area contributed by atoms with Crippen LogP contribution in [0.3, 0.4) is 0 Å². The average molecular weight is 1240 g/mol. The number of benzene rings is 3. The second-order valence-corrected chi connectivity index (χ2v) is 18.6. The third kappa shape index (κ3) is 13.5. The summed E-state index contributed by atoms with van der Waals surface area (Å²) < 4.78 is 1.80. The number of rotatable bonds is 24. The first-order valence-electron chi connectivity index (χ1n) is 25.5. The molecule has 91 heavy (non-hydrogen) atoms. The van der Waals surface area contributed by atoms with Crippen LogP contribution < -0.4 is 32.6 Å². The van der Waals surface area contributed by atoms with Gasteiger partial charge < -0.3 is 61.9 Å². The topological polar surface area (TPSA) is 551 Å². The lowest BCUT2D eigenvalue weighted by atomic mass is 10.1. The molecule has 460 valence electrons. The van der Waals surface area contributed by atoms with E-state index in [0.29, 0.717) is 9.13 Å². The van der Waals surface area contributed by atoms with Crippen molar-refractivity contribution in [3.05, 3.63) is 165 Å². The number of hydrogen-bond donors (Lipinski definition) is 12. The van der Waals surface area contributed by atoms with E-state index in [9.17, 15) is 99.6 Å². The Morgan fingerprint density at radius 3 is 1.41 bits per heavy atom. The number of nitriles is 2. The van der Waals surface area contributed by atoms with E-state index in [-0.39, 0.29) is 41.2 Å². The number of aromatic hydroxyl groups is 3. The number of carbonyl (C=O) groups is 6. The molecule has 36 nitrogen and oxygen atoms in total. The smallest absolute Gasteiger partial charge is 0.337 e. The third-order valence-corrected chi connectivity index (χ3v) is 13.0. The molecule has 0 spiro atoms. The molecular formula is C55H42N18O18. The molecule has 4 aromatic heterocycles. The average Bonchev–Trinajstić information content (AvgIpc) is 0.837. The minimum absolute atomic E-state index is 0.139. The number of azo groups is 3. The predicted octanol–water partition coefficient (Wildman–Crippen LogP) is 7.28. The first-order chi connectivity index (χ1) is 43.1. The molecule has 0 atom stereocenters. The van der Waals surface area contributed by atoms with E-state index in [4.69, 9.17) is 6.57 Å². The number of anilines is 3. The van der Waals surface area contributed by atoms with Crippen molar-refractivity contribution in [2.75, 3.05) is 29.0 Å². The molecule has 7 aromatic rings. The second kappa shape index (κ2) is 27.0. The molecule has 0 fully saturated rings. The molecule has 0 aliphatic heterocycles. The monoisotopic (exact) mass is 1240 g/mol. The van der Waals surface area contributed by atoms with Crippen LogP contribution in [-0.2, 0) is 13.1 Å². The normalized spacial score (nSPS) is 11.0. The maximum atomic E-state index is 13.9. The van der Waals surface area contributed by atoms with E-state index in [0.717, 1.165) is 59.2 Å². The number of nitrogens with zero attached hydrogens (tertiary/aromatic N) is 15. The number of hydrogen-bond acceptors (Lipinski definition) is 26. The Morgan fingerprint density at radius 1 is 0.549 bits per heavy atom. The zero-order chi connectivity index (χ0) is 66.9. The van der Waals surface area contributed by atoms with Crippen LogP contribution in [-0.4, -0.2) is 124 Å². The molecule has 0 amide bonds. The first kappa shape index (κ1) is 64.7. The summed E-state index contributed by atoms with van der Waals surface area (Å²) in [6.07, 6.45) is -0.139. The van der Waals surface area contributed by atoms with Crippen molar-refractivity contribution >= 4 is 99.3 Å². The lowest BCUT2D eigenvalue weighted by molar-refractivity contribution is 0.0681. The Bertz CT molecular complexity index is 4700. The largest absolute Gasteiger partial charge is 0.493 e. The molecule has 0 unspecified atom stereocenters. The first-order valence-corrected chi connectivity index (χ1v) is 25.5. The molecule has 0 saturated heterocycles. The van der Waals surface area contributed by atoms with Gasteiger partial charge in [-0.1, -0.05) is 12.6 Å². The summed E-state index contributed by atoms with van der Waals surface area (Å²) in [5.74, 6) is -13.9. The molecule has 0 aliphatic rings. The van der Waals surface area contributed by atoms with E-state index < -0.39 is 186 Å². The molecule has 0 bridgehead atoms. The van der Waals surface area contributed by atoms with Crippen molar-refractivity contribution in [2.45, 2.75) is 40.3 Å². The maximum Gasteiger partial charge on any atom is 0.337 e. The van der Waals surface area contributed by atoms with Crippen molar-refractivity contribution in [1.82, 2.24) is 28.7 Å². The third-order valence-electron chi connectivity index (χ3n) is 13.0. The Labute approximate surface area is 506 Å².